The van der Waals surface area contributed by atoms with Crippen molar-refractivity contribution in [3.05, 3.63) is 0 Å². The largest absolute Gasteiger partial charge is 0.350 e. The first kappa shape index (κ1) is 6.20. The summed E-state index contributed by atoms with van der Waals surface area (Å²) in [6.07, 6.45) is 4.54. The molecule has 1 aliphatic heterocycles. The Labute approximate surface area is 61.0 Å². The summed E-state index contributed by atoms with van der Waals surface area (Å²) in [4.78, 5) is 11.1. The van der Waals surface area contributed by atoms with Crippen LogP contribution in [0.3, 0.4) is 0 Å². The van der Waals surface area contributed by atoms with Gasteiger partial charge >= 0.3 is 0 Å². The lowest BCUT2D eigenvalue weighted by atomic mass is 10.0. The Balaban J connectivity index is 2.07. The molecule has 0 aromatic rings. The van der Waals surface area contributed by atoms with Crippen LogP contribution in [0.25, 0.3) is 0 Å². The Bertz CT molecular complexity index is 172. The SMILES string of the molecule is CC[C@@H]1CC2(CC2)NC1=O. The molecule has 1 N–H and O–H groups in total. The molecule has 2 nitrogen and oxygen atoms in total. The molecule has 2 aliphatic rings. The molecule has 0 unspecified atom stereocenters. The maximum absolute atomic E-state index is 11.1. The van der Waals surface area contributed by atoms with E-state index in [9.17, 15) is 4.79 Å². The molecule has 0 aromatic carbocycles. The zero-order valence-corrected chi connectivity index (χ0v) is 6.31. The third-order valence-electron chi connectivity index (χ3n) is 2.74. The molecule has 0 bridgehead atoms. The Kier molecular flexibility index (Phi) is 1.08. The second-order valence-electron chi connectivity index (χ2n) is 3.58. The van der Waals surface area contributed by atoms with E-state index >= 15 is 0 Å². The Morgan fingerprint density at radius 3 is 2.70 bits per heavy atom. The van der Waals surface area contributed by atoms with E-state index in [0.29, 0.717) is 11.8 Å². The third kappa shape index (κ3) is 0.746. The molecule has 1 heterocycles. The molecule has 1 amide bonds. The third-order valence-corrected chi connectivity index (χ3v) is 2.74. The molecule has 2 rings (SSSR count). The van der Waals surface area contributed by atoms with E-state index < -0.39 is 0 Å². The summed E-state index contributed by atoms with van der Waals surface area (Å²) in [5.74, 6) is 0.613. The molecular weight excluding hydrogens is 126 g/mol. The van der Waals surface area contributed by atoms with Gasteiger partial charge in [0.25, 0.3) is 0 Å². The molecule has 0 radical (unpaired) electrons. The number of carbonyl (C=O) groups excluding carboxylic acids is 1. The second-order valence-corrected chi connectivity index (χ2v) is 3.58. The molecule has 1 saturated carbocycles. The van der Waals surface area contributed by atoms with Gasteiger partial charge < -0.3 is 5.32 Å². The van der Waals surface area contributed by atoms with Crippen LogP contribution >= 0.6 is 0 Å². The highest BCUT2D eigenvalue weighted by Gasteiger charge is 2.51. The van der Waals surface area contributed by atoms with Crippen molar-refractivity contribution in [2.45, 2.75) is 38.1 Å². The van der Waals surface area contributed by atoms with Crippen LogP contribution in [0.15, 0.2) is 0 Å². The van der Waals surface area contributed by atoms with Crippen LogP contribution in [-0.2, 0) is 4.79 Å². The van der Waals surface area contributed by atoms with E-state index in [1.165, 1.54) is 12.8 Å². The van der Waals surface area contributed by atoms with Crippen LogP contribution in [0.5, 0.6) is 0 Å². The predicted octanol–water partition coefficient (Wildman–Crippen LogP) is 1.07. The van der Waals surface area contributed by atoms with Crippen molar-refractivity contribution in [3.8, 4) is 0 Å². The lowest BCUT2D eigenvalue weighted by molar-refractivity contribution is -0.122. The highest BCUT2D eigenvalue weighted by atomic mass is 16.2. The van der Waals surface area contributed by atoms with E-state index in [0.717, 1.165) is 12.8 Å². The van der Waals surface area contributed by atoms with E-state index in [-0.39, 0.29) is 5.54 Å². The minimum Gasteiger partial charge on any atom is -0.350 e. The van der Waals surface area contributed by atoms with Crippen molar-refractivity contribution >= 4 is 5.91 Å². The highest BCUT2D eigenvalue weighted by molar-refractivity contribution is 5.82. The molecule has 0 aromatic heterocycles. The van der Waals surface area contributed by atoms with Gasteiger partial charge in [0.1, 0.15) is 0 Å². The van der Waals surface area contributed by atoms with Crippen molar-refractivity contribution in [2.75, 3.05) is 0 Å². The minimum atomic E-state index is 0.289. The maximum atomic E-state index is 11.1. The topological polar surface area (TPSA) is 29.1 Å². The summed E-state index contributed by atoms with van der Waals surface area (Å²) in [6.45, 7) is 2.09. The van der Waals surface area contributed by atoms with Gasteiger partial charge in [-0.2, -0.15) is 0 Å². The summed E-state index contributed by atoms with van der Waals surface area (Å²) >= 11 is 0. The van der Waals surface area contributed by atoms with Crippen LogP contribution < -0.4 is 5.32 Å². The first-order valence-electron chi connectivity index (χ1n) is 4.08. The van der Waals surface area contributed by atoms with Crippen LogP contribution in [0.2, 0.25) is 0 Å². The predicted molar refractivity (Wildman–Crippen MR) is 38.5 cm³/mol. The van der Waals surface area contributed by atoms with Gasteiger partial charge in [0, 0.05) is 11.5 Å². The number of amides is 1. The fourth-order valence-electron chi connectivity index (χ4n) is 1.79. The van der Waals surface area contributed by atoms with Crippen molar-refractivity contribution in [1.82, 2.24) is 5.32 Å². The van der Waals surface area contributed by atoms with Gasteiger partial charge in [0.2, 0.25) is 5.91 Å². The normalized spacial score (nSPS) is 34.5. The zero-order chi connectivity index (χ0) is 7.19. The summed E-state index contributed by atoms with van der Waals surface area (Å²) in [5.41, 5.74) is 0.289. The lowest BCUT2D eigenvalue weighted by Crippen LogP contribution is -2.27. The summed E-state index contributed by atoms with van der Waals surface area (Å²) in [7, 11) is 0. The van der Waals surface area contributed by atoms with Gasteiger partial charge in [0.05, 0.1) is 0 Å². The first-order chi connectivity index (χ1) is 4.76. The van der Waals surface area contributed by atoms with Gasteiger partial charge in [-0.1, -0.05) is 6.92 Å². The fourth-order valence-corrected chi connectivity index (χ4v) is 1.79. The van der Waals surface area contributed by atoms with Gasteiger partial charge in [-0.25, -0.2) is 0 Å². The maximum Gasteiger partial charge on any atom is 0.223 e. The fraction of sp³-hybridized carbons (Fsp3) is 0.875. The number of hydrogen-bond acceptors (Lipinski definition) is 1. The van der Waals surface area contributed by atoms with Crippen LogP contribution in [-0.4, -0.2) is 11.4 Å². The van der Waals surface area contributed by atoms with Gasteiger partial charge in [-0.3, -0.25) is 4.79 Å². The van der Waals surface area contributed by atoms with Crippen molar-refractivity contribution < 1.29 is 4.79 Å². The van der Waals surface area contributed by atoms with Gasteiger partial charge in [0.15, 0.2) is 0 Å². The molecule has 1 aliphatic carbocycles. The molecule has 1 spiro atoms. The van der Waals surface area contributed by atoms with Crippen molar-refractivity contribution in [2.24, 2.45) is 5.92 Å². The van der Waals surface area contributed by atoms with Gasteiger partial charge in [-0.05, 0) is 25.7 Å². The van der Waals surface area contributed by atoms with E-state index in [1.807, 2.05) is 0 Å². The van der Waals surface area contributed by atoms with Gasteiger partial charge in [-0.15, -0.1) is 0 Å². The standard InChI is InChI=1S/C8H13NO/c1-2-6-5-8(3-4-8)9-7(6)10/h6H,2-5H2,1H3,(H,9,10)/t6-/m1/s1. The summed E-state index contributed by atoms with van der Waals surface area (Å²) < 4.78 is 0. The zero-order valence-electron chi connectivity index (χ0n) is 6.31. The molecule has 1 atom stereocenters. The number of rotatable bonds is 1. The quantitative estimate of drug-likeness (QED) is 0.578. The van der Waals surface area contributed by atoms with E-state index in [2.05, 4.69) is 12.2 Å². The minimum absolute atomic E-state index is 0.289. The van der Waals surface area contributed by atoms with Crippen LogP contribution in [0.1, 0.15) is 32.6 Å². The number of hydrogen-bond donors (Lipinski definition) is 1. The molecule has 1 saturated heterocycles. The number of carbonyl (C=O) groups is 1. The Morgan fingerprint density at radius 1 is 1.70 bits per heavy atom. The molecule has 2 heteroatoms. The molecular formula is C8H13NO. The molecule has 56 valence electrons. The lowest BCUT2D eigenvalue weighted by Gasteiger charge is -2.02. The summed E-state index contributed by atoms with van der Waals surface area (Å²) in [6, 6.07) is 0. The van der Waals surface area contributed by atoms with Crippen LogP contribution in [0, 0.1) is 5.92 Å². The van der Waals surface area contributed by atoms with E-state index in [4.69, 9.17) is 0 Å². The van der Waals surface area contributed by atoms with Crippen LogP contribution in [0.4, 0.5) is 0 Å². The molecule has 2 fully saturated rings. The van der Waals surface area contributed by atoms with E-state index in [1.54, 1.807) is 0 Å². The Morgan fingerprint density at radius 2 is 2.40 bits per heavy atom. The second kappa shape index (κ2) is 1.74. The number of nitrogens with one attached hydrogen (secondary N) is 1. The average molecular weight is 139 g/mol. The first-order valence-corrected chi connectivity index (χ1v) is 4.08. The smallest absolute Gasteiger partial charge is 0.223 e. The highest BCUT2D eigenvalue weighted by Crippen LogP contribution is 2.45. The average Bonchev–Trinajstić information content (AvgIpc) is 2.55. The summed E-state index contributed by atoms with van der Waals surface area (Å²) in [5, 5.41) is 3.07. The Hall–Kier alpha value is -0.530. The molecule has 10 heavy (non-hydrogen) atoms. The van der Waals surface area contributed by atoms with Crippen molar-refractivity contribution in [1.29, 1.82) is 0 Å². The van der Waals surface area contributed by atoms with Crippen molar-refractivity contribution in [3.63, 3.8) is 0 Å². The monoisotopic (exact) mass is 139 g/mol.